The van der Waals surface area contributed by atoms with Crippen molar-refractivity contribution in [1.82, 2.24) is 0 Å². The fraction of sp³-hybridized carbons (Fsp3) is 0.0909. The van der Waals surface area contributed by atoms with Crippen LogP contribution >= 0.6 is 0 Å². The Hall–Kier alpha value is -3.80. The number of rotatable bonds is 5. The molecule has 0 bridgehead atoms. The van der Waals surface area contributed by atoms with Crippen LogP contribution in [0.25, 0.3) is 22.5 Å². The van der Waals surface area contributed by atoms with Crippen molar-refractivity contribution in [2.75, 3.05) is 7.11 Å². The Morgan fingerprint density at radius 2 is 1.82 bits per heavy atom. The maximum Gasteiger partial charge on any atom is 0.337 e. The van der Waals surface area contributed by atoms with Crippen molar-refractivity contribution in [2.24, 2.45) is 0 Å². The summed E-state index contributed by atoms with van der Waals surface area (Å²) in [6.07, 6.45) is 1.52. The smallest absolute Gasteiger partial charge is 0.337 e. The molecule has 28 heavy (non-hydrogen) atoms. The maximum absolute atomic E-state index is 12.4. The minimum atomic E-state index is -0.386. The Labute approximate surface area is 159 Å². The van der Waals surface area contributed by atoms with Crippen molar-refractivity contribution >= 4 is 16.9 Å². The molecule has 0 radical (unpaired) electrons. The number of esters is 1. The predicted molar refractivity (Wildman–Crippen MR) is 102 cm³/mol. The van der Waals surface area contributed by atoms with E-state index in [1.54, 1.807) is 54.6 Å². The van der Waals surface area contributed by atoms with Gasteiger partial charge in [-0.1, -0.05) is 12.1 Å². The van der Waals surface area contributed by atoms with Crippen LogP contribution in [0.3, 0.4) is 0 Å². The van der Waals surface area contributed by atoms with E-state index in [9.17, 15) is 9.59 Å². The number of furan rings is 1. The number of benzene rings is 2. The van der Waals surface area contributed by atoms with E-state index in [1.165, 1.54) is 19.4 Å². The average Bonchev–Trinajstić information content (AvgIpc) is 3.27. The third-order valence-electron chi connectivity index (χ3n) is 4.24. The molecule has 0 amide bonds. The van der Waals surface area contributed by atoms with Gasteiger partial charge in [0, 0.05) is 6.07 Å². The quantitative estimate of drug-likeness (QED) is 0.480. The Bertz CT molecular complexity index is 1170. The molecule has 2 heterocycles. The highest BCUT2D eigenvalue weighted by Gasteiger charge is 2.10. The molecule has 0 atom stereocenters. The lowest BCUT2D eigenvalue weighted by molar-refractivity contribution is 0.0600. The number of carbonyl (C=O) groups excluding carboxylic acids is 1. The topological polar surface area (TPSA) is 78.9 Å². The van der Waals surface area contributed by atoms with E-state index in [0.717, 1.165) is 5.56 Å². The molecule has 4 rings (SSSR count). The van der Waals surface area contributed by atoms with Crippen LogP contribution in [0.2, 0.25) is 0 Å². The van der Waals surface area contributed by atoms with Gasteiger partial charge >= 0.3 is 5.97 Å². The fourth-order valence-electron chi connectivity index (χ4n) is 2.79. The van der Waals surface area contributed by atoms with E-state index in [-0.39, 0.29) is 11.4 Å². The summed E-state index contributed by atoms with van der Waals surface area (Å²) in [5.41, 5.74) is 1.63. The molecule has 2 aromatic carbocycles. The van der Waals surface area contributed by atoms with Gasteiger partial charge in [-0.2, -0.15) is 0 Å². The Morgan fingerprint density at radius 3 is 2.54 bits per heavy atom. The number of methoxy groups -OCH3 is 1. The lowest BCUT2D eigenvalue weighted by Crippen LogP contribution is -2.03. The summed E-state index contributed by atoms with van der Waals surface area (Å²) < 4.78 is 21.5. The minimum Gasteiger partial charge on any atom is -0.489 e. The third kappa shape index (κ3) is 3.53. The lowest BCUT2D eigenvalue weighted by atomic mass is 10.1. The average molecular weight is 376 g/mol. The van der Waals surface area contributed by atoms with Crippen molar-refractivity contribution < 1.29 is 23.1 Å². The van der Waals surface area contributed by atoms with Crippen LogP contribution in [0.4, 0.5) is 0 Å². The molecule has 0 unspecified atom stereocenters. The van der Waals surface area contributed by atoms with Gasteiger partial charge in [0.2, 0.25) is 0 Å². The van der Waals surface area contributed by atoms with Crippen molar-refractivity contribution in [1.29, 1.82) is 0 Å². The van der Waals surface area contributed by atoms with E-state index < -0.39 is 0 Å². The molecule has 2 aromatic heterocycles. The van der Waals surface area contributed by atoms with Gasteiger partial charge < -0.3 is 18.3 Å². The molecule has 6 heteroatoms. The molecule has 6 nitrogen and oxygen atoms in total. The highest BCUT2D eigenvalue weighted by molar-refractivity contribution is 5.89. The SMILES string of the molecule is COC(=O)c1ccc(COc2ccc3oc(-c4ccco4)cc(=O)c3c2)cc1. The van der Waals surface area contributed by atoms with Crippen LogP contribution < -0.4 is 10.2 Å². The van der Waals surface area contributed by atoms with E-state index in [1.807, 2.05) is 0 Å². The first-order valence-electron chi connectivity index (χ1n) is 8.56. The lowest BCUT2D eigenvalue weighted by Gasteiger charge is -2.08. The highest BCUT2D eigenvalue weighted by atomic mass is 16.5. The highest BCUT2D eigenvalue weighted by Crippen LogP contribution is 2.25. The third-order valence-corrected chi connectivity index (χ3v) is 4.24. The molecule has 0 aliphatic heterocycles. The Kier molecular flexibility index (Phi) is 4.68. The Morgan fingerprint density at radius 1 is 1.00 bits per heavy atom. The number of ether oxygens (including phenoxy) is 2. The van der Waals surface area contributed by atoms with Crippen molar-refractivity contribution in [3.8, 4) is 17.3 Å². The molecule has 0 saturated heterocycles. The zero-order chi connectivity index (χ0) is 19.5. The zero-order valence-corrected chi connectivity index (χ0v) is 15.0. The summed E-state index contributed by atoms with van der Waals surface area (Å²) >= 11 is 0. The summed E-state index contributed by atoms with van der Waals surface area (Å²) in [4.78, 5) is 23.9. The summed E-state index contributed by atoms with van der Waals surface area (Å²) in [6, 6.07) is 16.9. The minimum absolute atomic E-state index is 0.180. The number of carbonyl (C=O) groups is 1. The first-order valence-corrected chi connectivity index (χ1v) is 8.56. The van der Waals surface area contributed by atoms with Crippen molar-refractivity contribution in [3.63, 3.8) is 0 Å². The summed E-state index contributed by atoms with van der Waals surface area (Å²) in [5, 5.41) is 0.425. The van der Waals surface area contributed by atoms with E-state index in [0.29, 0.717) is 40.4 Å². The van der Waals surface area contributed by atoms with E-state index in [2.05, 4.69) is 4.74 Å². The van der Waals surface area contributed by atoms with Crippen LogP contribution in [0.5, 0.6) is 5.75 Å². The first kappa shape index (κ1) is 17.6. The molecule has 4 aromatic rings. The second-order valence-corrected chi connectivity index (χ2v) is 6.09. The molecule has 140 valence electrons. The molecular formula is C22H16O6. The number of hydrogen-bond acceptors (Lipinski definition) is 6. The molecule has 0 N–H and O–H groups in total. The van der Waals surface area contributed by atoms with Crippen LogP contribution in [-0.2, 0) is 11.3 Å². The Balaban J connectivity index is 1.53. The molecular weight excluding hydrogens is 360 g/mol. The van der Waals surface area contributed by atoms with Crippen LogP contribution in [-0.4, -0.2) is 13.1 Å². The monoisotopic (exact) mass is 376 g/mol. The van der Waals surface area contributed by atoms with Gasteiger partial charge in [-0.15, -0.1) is 0 Å². The van der Waals surface area contributed by atoms with E-state index in [4.69, 9.17) is 13.6 Å². The van der Waals surface area contributed by atoms with Gasteiger partial charge in [-0.25, -0.2) is 4.79 Å². The van der Waals surface area contributed by atoms with Gasteiger partial charge in [0.15, 0.2) is 16.9 Å². The van der Waals surface area contributed by atoms with Crippen molar-refractivity contribution in [3.05, 3.63) is 88.3 Å². The molecule has 0 saturated carbocycles. The summed E-state index contributed by atoms with van der Waals surface area (Å²) in [5.74, 6) is 1.03. The van der Waals surface area contributed by atoms with Gasteiger partial charge in [0.25, 0.3) is 0 Å². The van der Waals surface area contributed by atoms with Gasteiger partial charge in [-0.05, 0) is 48.0 Å². The maximum atomic E-state index is 12.4. The summed E-state index contributed by atoms with van der Waals surface area (Å²) in [7, 11) is 1.34. The first-order chi connectivity index (χ1) is 13.6. The standard InChI is InChI=1S/C22H16O6/c1-25-22(24)15-6-4-14(5-7-15)13-27-16-8-9-19-17(11-16)18(23)12-21(28-19)20-3-2-10-26-20/h2-12H,13H2,1H3. The molecule has 0 fully saturated rings. The molecule has 0 aliphatic rings. The largest absolute Gasteiger partial charge is 0.489 e. The fourth-order valence-corrected chi connectivity index (χ4v) is 2.79. The number of hydrogen-bond donors (Lipinski definition) is 0. The van der Waals surface area contributed by atoms with Crippen LogP contribution in [0, 0.1) is 0 Å². The zero-order valence-electron chi connectivity index (χ0n) is 15.0. The molecule has 0 aliphatic carbocycles. The second-order valence-electron chi connectivity index (χ2n) is 6.09. The van der Waals surface area contributed by atoms with E-state index >= 15 is 0 Å². The number of fused-ring (bicyclic) bond motifs is 1. The van der Waals surface area contributed by atoms with Crippen LogP contribution in [0.15, 0.2) is 80.6 Å². The molecule has 0 spiro atoms. The van der Waals surface area contributed by atoms with Gasteiger partial charge in [-0.3, -0.25) is 4.79 Å². The second kappa shape index (κ2) is 7.44. The predicted octanol–water partition coefficient (Wildman–Crippen LogP) is 4.42. The van der Waals surface area contributed by atoms with Crippen LogP contribution in [0.1, 0.15) is 15.9 Å². The van der Waals surface area contributed by atoms with Crippen molar-refractivity contribution in [2.45, 2.75) is 6.61 Å². The van der Waals surface area contributed by atoms with Gasteiger partial charge in [0.05, 0.1) is 24.3 Å². The van der Waals surface area contributed by atoms with Gasteiger partial charge in [0.1, 0.15) is 17.9 Å². The summed E-state index contributed by atoms with van der Waals surface area (Å²) in [6.45, 7) is 0.294. The normalized spacial score (nSPS) is 10.8.